The predicted molar refractivity (Wildman–Crippen MR) is 111 cm³/mol. The van der Waals surface area contributed by atoms with Gasteiger partial charge in [0.1, 0.15) is 0 Å². The highest BCUT2D eigenvalue weighted by Crippen LogP contribution is 2.26. The van der Waals surface area contributed by atoms with Gasteiger partial charge in [-0.05, 0) is 32.1 Å². The van der Waals surface area contributed by atoms with Gasteiger partial charge in [0, 0.05) is 38.1 Å². The molecule has 2 rings (SSSR count). The van der Waals surface area contributed by atoms with E-state index in [-0.39, 0.29) is 29.9 Å². The monoisotopic (exact) mass is 450 g/mol. The van der Waals surface area contributed by atoms with Gasteiger partial charge in [0.2, 0.25) is 5.91 Å². The zero-order valence-electron chi connectivity index (χ0n) is 15.5. The third-order valence-electron chi connectivity index (χ3n) is 4.75. The number of carbonyl (C=O) groups excluding carboxylic acids is 1. The molecule has 2 aliphatic rings. The quantitative estimate of drug-likeness (QED) is 0.385. The van der Waals surface area contributed by atoms with Crippen LogP contribution >= 0.6 is 24.0 Å². The van der Waals surface area contributed by atoms with E-state index in [0.29, 0.717) is 17.9 Å². The van der Waals surface area contributed by atoms with Crippen LogP contribution in [0.4, 0.5) is 0 Å². The van der Waals surface area contributed by atoms with E-state index in [0.717, 1.165) is 51.4 Å². The Labute approximate surface area is 164 Å². The van der Waals surface area contributed by atoms with Crippen molar-refractivity contribution in [1.29, 1.82) is 0 Å². The molecule has 1 unspecified atom stereocenters. The molecule has 0 radical (unpaired) electrons. The van der Waals surface area contributed by atoms with Crippen LogP contribution in [0.2, 0.25) is 0 Å². The summed E-state index contributed by atoms with van der Waals surface area (Å²) in [5, 5.41) is 6.81. The van der Waals surface area contributed by atoms with E-state index in [1.807, 2.05) is 0 Å². The Hall–Kier alpha value is -0.530. The number of aliphatic imine (C=N–C) groups is 1. The van der Waals surface area contributed by atoms with Gasteiger partial charge in [-0.25, -0.2) is 0 Å². The third kappa shape index (κ3) is 6.76. The molecule has 0 bridgehead atoms. The highest BCUT2D eigenvalue weighted by atomic mass is 127. The van der Waals surface area contributed by atoms with Gasteiger partial charge in [0.25, 0.3) is 0 Å². The molecule has 0 aromatic heterocycles. The maximum atomic E-state index is 12.6. The van der Waals surface area contributed by atoms with Gasteiger partial charge in [0.15, 0.2) is 5.96 Å². The minimum absolute atomic E-state index is 0. The van der Waals surface area contributed by atoms with Crippen LogP contribution in [0.3, 0.4) is 0 Å². The molecule has 1 saturated heterocycles. The highest BCUT2D eigenvalue weighted by molar-refractivity contribution is 14.0. The van der Waals surface area contributed by atoms with Crippen LogP contribution in [0.15, 0.2) is 4.99 Å². The predicted octanol–water partition coefficient (Wildman–Crippen LogP) is 3.00. The van der Waals surface area contributed by atoms with Crippen LogP contribution in [-0.4, -0.2) is 49.0 Å². The molecular formula is C18H35IN4O. The van der Waals surface area contributed by atoms with Crippen molar-refractivity contribution < 1.29 is 4.79 Å². The van der Waals surface area contributed by atoms with Crippen LogP contribution in [0.5, 0.6) is 0 Å². The number of rotatable bonds is 5. The van der Waals surface area contributed by atoms with Gasteiger partial charge in [0.05, 0.1) is 0 Å². The lowest BCUT2D eigenvalue weighted by Gasteiger charge is -2.26. The van der Waals surface area contributed by atoms with Crippen LogP contribution < -0.4 is 10.6 Å². The molecule has 0 spiro atoms. The fraction of sp³-hybridized carbons (Fsp3) is 0.889. The smallest absolute Gasteiger partial charge is 0.225 e. The van der Waals surface area contributed by atoms with Crippen molar-refractivity contribution in [3.05, 3.63) is 0 Å². The second-order valence-corrected chi connectivity index (χ2v) is 7.36. The molecule has 2 fully saturated rings. The average molecular weight is 450 g/mol. The van der Waals surface area contributed by atoms with Crippen molar-refractivity contribution in [2.24, 2.45) is 16.8 Å². The van der Waals surface area contributed by atoms with Gasteiger partial charge in [-0.1, -0.05) is 33.1 Å². The topological polar surface area (TPSA) is 56.7 Å². The summed E-state index contributed by atoms with van der Waals surface area (Å²) in [6, 6.07) is 0.326. The number of nitrogens with zero attached hydrogens (tertiary/aromatic N) is 2. The molecule has 5 nitrogen and oxygen atoms in total. The lowest BCUT2D eigenvalue weighted by molar-refractivity contribution is -0.135. The molecule has 1 aliphatic carbocycles. The van der Waals surface area contributed by atoms with Crippen LogP contribution in [0, 0.1) is 11.8 Å². The molecule has 0 aromatic rings. The molecule has 1 aliphatic heterocycles. The average Bonchev–Trinajstić information content (AvgIpc) is 3.01. The molecule has 140 valence electrons. The van der Waals surface area contributed by atoms with Crippen LogP contribution in [0.25, 0.3) is 0 Å². The first-order valence-corrected chi connectivity index (χ1v) is 9.43. The number of amides is 1. The molecule has 1 saturated carbocycles. The number of guanidine groups is 1. The summed E-state index contributed by atoms with van der Waals surface area (Å²) >= 11 is 0. The maximum absolute atomic E-state index is 12.6. The van der Waals surface area contributed by atoms with E-state index >= 15 is 0 Å². The van der Waals surface area contributed by atoms with Gasteiger partial charge >= 0.3 is 0 Å². The van der Waals surface area contributed by atoms with Crippen LogP contribution in [0.1, 0.15) is 59.3 Å². The summed E-state index contributed by atoms with van der Waals surface area (Å²) in [6.45, 7) is 9.83. The summed E-state index contributed by atoms with van der Waals surface area (Å²) in [5.41, 5.74) is 0. The normalized spacial score (nSPS) is 22.4. The number of likely N-dealkylation sites (tertiary alicyclic amines) is 1. The van der Waals surface area contributed by atoms with E-state index in [9.17, 15) is 4.79 Å². The Kier molecular flexibility index (Phi) is 10.0. The van der Waals surface area contributed by atoms with Gasteiger partial charge in [-0.3, -0.25) is 9.79 Å². The number of carbonyl (C=O) groups is 1. The minimum atomic E-state index is 0. The lowest BCUT2D eigenvalue weighted by Crippen LogP contribution is -2.45. The Balaban J connectivity index is 0.00000288. The summed E-state index contributed by atoms with van der Waals surface area (Å²) in [5.74, 6) is 2.11. The molecule has 0 aromatic carbocycles. The lowest BCUT2D eigenvalue weighted by atomic mass is 9.88. The Bertz CT molecular complexity index is 408. The first kappa shape index (κ1) is 21.5. The van der Waals surface area contributed by atoms with E-state index in [1.165, 1.54) is 19.3 Å². The maximum Gasteiger partial charge on any atom is 0.225 e. The van der Waals surface area contributed by atoms with Crippen molar-refractivity contribution in [1.82, 2.24) is 15.5 Å². The fourth-order valence-electron chi connectivity index (χ4n) is 3.47. The SMILES string of the molecule is CCNC(=NCC(C)C)NC1CCN(C(=O)C2CCCCC2)C1.I. The Morgan fingerprint density at radius 3 is 2.54 bits per heavy atom. The summed E-state index contributed by atoms with van der Waals surface area (Å²) < 4.78 is 0. The van der Waals surface area contributed by atoms with Crippen molar-refractivity contribution in [3.63, 3.8) is 0 Å². The molecule has 6 heteroatoms. The van der Waals surface area contributed by atoms with Crippen molar-refractivity contribution in [3.8, 4) is 0 Å². The van der Waals surface area contributed by atoms with Crippen LogP contribution in [-0.2, 0) is 4.79 Å². The standard InChI is InChI=1S/C18H34N4O.HI/c1-4-19-18(20-12-14(2)3)21-16-10-11-22(13-16)17(23)15-8-6-5-7-9-15;/h14-16H,4-13H2,1-3H3,(H2,19,20,21);1H. The van der Waals surface area contributed by atoms with Gasteiger partial charge in [-0.2, -0.15) is 0 Å². The zero-order valence-corrected chi connectivity index (χ0v) is 17.8. The summed E-state index contributed by atoms with van der Waals surface area (Å²) in [7, 11) is 0. The molecule has 1 amide bonds. The molecular weight excluding hydrogens is 415 g/mol. The van der Waals surface area contributed by atoms with Gasteiger partial charge < -0.3 is 15.5 Å². The minimum Gasteiger partial charge on any atom is -0.357 e. The highest BCUT2D eigenvalue weighted by Gasteiger charge is 2.31. The molecule has 1 heterocycles. The van der Waals surface area contributed by atoms with Crippen molar-refractivity contribution in [2.75, 3.05) is 26.2 Å². The summed E-state index contributed by atoms with van der Waals surface area (Å²) in [6.07, 6.45) is 6.94. The number of halogens is 1. The number of nitrogens with one attached hydrogen (secondary N) is 2. The van der Waals surface area contributed by atoms with E-state index < -0.39 is 0 Å². The number of hydrogen-bond donors (Lipinski definition) is 2. The fourth-order valence-corrected chi connectivity index (χ4v) is 3.47. The van der Waals surface area contributed by atoms with E-state index in [1.54, 1.807) is 0 Å². The largest absolute Gasteiger partial charge is 0.357 e. The third-order valence-corrected chi connectivity index (χ3v) is 4.75. The van der Waals surface area contributed by atoms with E-state index in [2.05, 4.69) is 41.3 Å². The van der Waals surface area contributed by atoms with Crippen molar-refractivity contribution >= 4 is 35.8 Å². The molecule has 24 heavy (non-hydrogen) atoms. The zero-order chi connectivity index (χ0) is 16.7. The Morgan fingerprint density at radius 1 is 1.21 bits per heavy atom. The van der Waals surface area contributed by atoms with Crippen molar-refractivity contribution in [2.45, 2.75) is 65.3 Å². The molecule has 1 atom stereocenters. The first-order chi connectivity index (χ1) is 11.1. The van der Waals surface area contributed by atoms with Gasteiger partial charge in [-0.15, -0.1) is 24.0 Å². The second-order valence-electron chi connectivity index (χ2n) is 7.36. The first-order valence-electron chi connectivity index (χ1n) is 9.43. The molecule has 2 N–H and O–H groups in total. The number of hydrogen-bond acceptors (Lipinski definition) is 2. The van der Waals surface area contributed by atoms with E-state index in [4.69, 9.17) is 0 Å². The Morgan fingerprint density at radius 2 is 1.92 bits per heavy atom. The summed E-state index contributed by atoms with van der Waals surface area (Å²) in [4.78, 5) is 19.3. The second kappa shape index (κ2) is 11.2.